The molecule has 1 rings (SSSR count). The third-order valence-electron chi connectivity index (χ3n) is 3.89. The number of carbonyl (C=O) groups is 2. The summed E-state index contributed by atoms with van der Waals surface area (Å²) in [7, 11) is 0. The van der Waals surface area contributed by atoms with Crippen molar-refractivity contribution in [3.05, 3.63) is 11.6 Å². The number of carbonyl (C=O) groups excluding carboxylic acids is 1. The molecule has 0 bridgehead atoms. The minimum Gasteiger partial charge on any atom is -0.478 e. The smallest absolute Gasteiger partial charge is 0.331 e. The van der Waals surface area contributed by atoms with Gasteiger partial charge in [0.1, 0.15) is 0 Å². The van der Waals surface area contributed by atoms with Crippen LogP contribution in [0.5, 0.6) is 0 Å². The van der Waals surface area contributed by atoms with Crippen LogP contribution in [0.2, 0.25) is 0 Å². The molecule has 0 aromatic rings. The lowest BCUT2D eigenvalue weighted by atomic mass is 9.86. The Labute approximate surface area is 126 Å². The van der Waals surface area contributed by atoms with Crippen molar-refractivity contribution in [2.45, 2.75) is 70.6 Å². The van der Waals surface area contributed by atoms with Gasteiger partial charge in [-0.05, 0) is 19.3 Å². The fourth-order valence-electron chi connectivity index (χ4n) is 2.80. The maximum Gasteiger partial charge on any atom is 0.331 e. The van der Waals surface area contributed by atoms with Gasteiger partial charge in [0, 0.05) is 30.6 Å². The molecule has 0 aromatic heterocycles. The molecule has 6 nitrogen and oxygen atoms in total. The van der Waals surface area contributed by atoms with E-state index in [2.05, 4.69) is 24.5 Å². The summed E-state index contributed by atoms with van der Waals surface area (Å²) in [5.41, 5.74) is 6.39. The number of nitrogens with one attached hydrogen (secondary N) is 2. The second-order valence-corrected chi connectivity index (χ2v) is 5.68. The highest BCUT2D eigenvalue weighted by Gasteiger charge is 2.34. The Bertz CT molecular complexity index is 409. The van der Waals surface area contributed by atoms with Gasteiger partial charge in [0.05, 0.1) is 6.04 Å². The molecular weight excluding hydrogens is 270 g/mol. The number of hydrogen-bond donors (Lipinski definition) is 4. The molecule has 1 aliphatic rings. The van der Waals surface area contributed by atoms with Crippen molar-refractivity contribution in [3.63, 3.8) is 0 Å². The number of carboxylic acid groups (broad SMARTS) is 1. The summed E-state index contributed by atoms with van der Waals surface area (Å²) in [6.45, 7) is 5.65. The van der Waals surface area contributed by atoms with Crippen molar-refractivity contribution in [1.29, 1.82) is 0 Å². The lowest BCUT2D eigenvalue weighted by Gasteiger charge is -2.37. The molecule has 5 N–H and O–H groups in total. The topological polar surface area (TPSA) is 104 Å². The Morgan fingerprint density at radius 2 is 2.14 bits per heavy atom. The van der Waals surface area contributed by atoms with E-state index in [9.17, 15) is 14.7 Å². The molecule has 1 amide bonds. The van der Waals surface area contributed by atoms with Crippen LogP contribution in [-0.2, 0) is 9.59 Å². The van der Waals surface area contributed by atoms with Gasteiger partial charge in [0.15, 0.2) is 0 Å². The molecule has 120 valence electrons. The molecule has 1 aliphatic carbocycles. The Morgan fingerprint density at radius 1 is 1.48 bits per heavy atom. The van der Waals surface area contributed by atoms with Crippen molar-refractivity contribution >= 4 is 11.9 Å². The summed E-state index contributed by atoms with van der Waals surface area (Å²) >= 11 is 0. The van der Waals surface area contributed by atoms with Gasteiger partial charge in [-0.1, -0.05) is 26.3 Å². The summed E-state index contributed by atoms with van der Waals surface area (Å²) in [6.07, 6.45) is 4.96. The fraction of sp³-hybridized carbons (Fsp3) is 0.733. The molecule has 6 heteroatoms. The number of hydrogen-bond acceptors (Lipinski definition) is 4. The average Bonchev–Trinajstić information content (AvgIpc) is 2.41. The number of nitrogens with two attached hydrogens (primary N) is 1. The van der Waals surface area contributed by atoms with Gasteiger partial charge in [0.2, 0.25) is 5.91 Å². The van der Waals surface area contributed by atoms with Crippen LogP contribution in [0.25, 0.3) is 0 Å². The molecule has 0 aromatic carbocycles. The highest BCUT2D eigenvalue weighted by molar-refractivity contribution is 5.87. The lowest BCUT2D eigenvalue weighted by molar-refractivity contribution is -0.133. The van der Waals surface area contributed by atoms with Gasteiger partial charge in [0.25, 0.3) is 0 Å². The molecule has 0 heterocycles. The van der Waals surface area contributed by atoms with E-state index in [1.54, 1.807) is 6.08 Å². The van der Waals surface area contributed by atoms with E-state index in [0.717, 1.165) is 19.3 Å². The summed E-state index contributed by atoms with van der Waals surface area (Å²) < 4.78 is 0. The quantitative estimate of drug-likeness (QED) is 0.555. The average molecular weight is 297 g/mol. The first-order valence-corrected chi connectivity index (χ1v) is 7.61. The molecule has 0 fully saturated rings. The molecule has 4 atom stereocenters. The minimum atomic E-state index is -0.943. The van der Waals surface area contributed by atoms with Gasteiger partial charge >= 0.3 is 5.97 Å². The Balaban J connectivity index is 2.94. The summed E-state index contributed by atoms with van der Waals surface area (Å²) in [4.78, 5) is 22.6. The zero-order chi connectivity index (χ0) is 16.0. The molecule has 0 aliphatic heterocycles. The van der Waals surface area contributed by atoms with Crippen LogP contribution in [0.15, 0.2) is 11.6 Å². The lowest BCUT2D eigenvalue weighted by Crippen LogP contribution is -2.61. The minimum absolute atomic E-state index is 0.155. The predicted octanol–water partition coefficient (Wildman–Crippen LogP) is 0.770. The first-order valence-electron chi connectivity index (χ1n) is 7.61. The normalized spacial score (nSPS) is 26.9. The molecule has 0 saturated carbocycles. The van der Waals surface area contributed by atoms with Crippen LogP contribution >= 0.6 is 0 Å². The SMILES string of the molecule is CCCC(CC)N[C@@H]1C=C(C(=O)O)C[C@H](N)C1NC(C)=O. The monoisotopic (exact) mass is 297 g/mol. The Hall–Kier alpha value is -1.40. The standard InChI is InChI=1S/C15H27N3O3/c1-4-6-11(5-2)18-13-8-10(15(20)21)7-12(16)14(13)17-9(3)19/h8,11-14,18H,4-7,16H2,1-3H3,(H,17,19)(H,20,21)/t11?,12-,13+,14?/m0/s1. The van der Waals surface area contributed by atoms with Crippen LogP contribution in [0.1, 0.15) is 46.5 Å². The van der Waals surface area contributed by atoms with Crippen molar-refractivity contribution in [3.8, 4) is 0 Å². The zero-order valence-corrected chi connectivity index (χ0v) is 13.1. The van der Waals surface area contributed by atoms with E-state index in [1.807, 2.05) is 0 Å². The van der Waals surface area contributed by atoms with Crippen molar-refractivity contribution in [2.24, 2.45) is 5.73 Å². The van der Waals surface area contributed by atoms with E-state index >= 15 is 0 Å². The van der Waals surface area contributed by atoms with Crippen LogP contribution in [-0.4, -0.2) is 41.2 Å². The first-order chi connectivity index (χ1) is 9.88. The molecular formula is C15H27N3O3. The Morgan fingerprint density at radius 3 is 2.62 bits per heavy atom. The summed E-state index contributed by atoms with van der Waals surface area (Å²) in [6, 6.07) is -0.647. The maximum atomic E-state index is 11.4. The fourth-order valence-corrected chi connectivity index (χ4v) is 2.80. The summed E-state index contributed by atoms with van der Waals surface area (Å²) in [5, 5.41) is 15.5. The zero-order valence-electron chi connectivity index (χ0n) is 13.1. The largest absolute Gasteiger partial charge is 0.478 e. The van der Waals surface area contributed by atoms with E-state index in [1.165, 1.54) is 6.92 Å². The van der Waals surface area contributed by atoms with Gasteiger partial charge < -0.3 is 21.5 Å². The van der Waals surface area contributed by atoms with E-state index in [-0.39, 0.29) is 30.5 Å². The van der Waals surface area contributed by atoms with Crippen molar-refractivity contribution in [2.75, 3.05) is 0 Å². The van der Waals surface area contributed by atoms with Gasteiger partial charge in [-0.3, -0.25) is 4.79 Å². The number of carboxylic acids is 1. The third-order valence-corrected chi connectivity index (χ3v) is 3.89. The number of amides is 1. The van der Waals surface area contributed by atoms with Gasteiger partial charge in [-0.15, -0.1) is 0 Å². The second kappa shape index (κ2) is 8.14. The predicted molar refractivity (Wildman–Crippen MR) is 81.8 cm³/mol. The van der Waals surface area contributed by atoms with E-state index in [4.69, 9.17) is 5.73 Å². The van der Waals surface area contributed by atoms with Gasteiger partial charge in [-0.25, -0.2) is 4.79 Å². The summed E-state index contributed by atoms with van der Waals surface area (Å²) in [5.74, 6) is -1.10. The van der Waals surface area contributed by atoms with Crippen molar-refractivity contribution in [1.82, 2.24) is 10.6 Å². The van der Waals surface area contributed by atoms with Crippen LogP contribution < -0.4 is 16.4 Å². The van der Waals surface area contributed by atoms with Gasteiger partial charge in [-0.2, -0.15) is 0 Å². The Kier molecular flexibility index (Phi) is 6.84. The van der Waals surface area contributed by atoms with E-state index in [0.29, 0.717) is 5.57 Å². The van der Waals surface area contributed by atoms with E-state index < -0.39 is 12.0 Å². The third kappa shape index (κ3) is 5.13. The molecule has 2 unspecified atom stereocenters. The van der Waals surface area contributed by atoms with Crippen LogP contribution in [0, 0.1) is 0 Å². The second-order valence-electron chi connectivity index (χ2n) is 5.68. The molecule has 0 radical (unpaired) electrons. The van der Waals surface area contributed by atoms with Crippen molar-refractivity contribution < 1.29 is 14.7 Å². The molecule has 0 spiro atoms. The molecule has 0 saturated heterocycles. The highest BCUT2D eigenvalue weighted by Crippen LogP contribution is 2.20. The number of aliphatic carboxylic acids is 1. The highest BCUT2D eigenvalue weighted by atomic mass is 16.4. The maximum absolute atomic E-state index is 11.4. The number of rotatable bonds is 7. The van der Waals surface area contributed by atoms with Crippen LogP contribution in [0.4, 0.5) is 0 Å². The molecule has 21 heavy (non-hydrogen) atoms. The first kappa shape index (κ1) is 17.7. The van der Waals surface area contributed by atoms with Crippen LogP contribution in [0.3, 0.4) is 0 Å².